The predicted molar refractivity (Wildman–Crippen MR) is 122 cm³/mol. The van der Waals surface area contributed by atoms with Crippen molar-refractivity contribution in [1.82, 2.24) is 10.3 Å². The number of hydrogen-bond donors (Lipinski definition) is 2. The Bertz CT molecular complexity index is 1150. The molecule has 1 aromatic heterocycles. The van der Waals surface area contributed by atoms with Gasteiger partial charge in [0, 0.05) is 18.4 Å². The van der Waals surface area contributed by atoms with Crippen molar-refractivity contribution in [2.75, 3.05) is 18.4 Å². The average Bonchev–Trinajstić information content (AvgIpc) is 2.80. The number of anilines is 1. The summed E-state index contributed by atoms with van der Waals surface area (Å²) in [4.78, 5) is 16.7. The zero-order valence-corrected chi connectivity index (χ0v) is 18.7. The monoisotopic (exact) mass is 455 g/mol. The number of benzene rings is 2. The third-order valence-corrected chi connectivity index (χ3v) is 5.92. The van der Waals surface area contributed by atoms with Crippen molar-refractivity contribution < 1.29 is 22.7 Å². The van der Waals surface area contributed by atoms with E-state index in [-0.39, 0.29) is 16.7 Å². The predicted octanol–water partition coefficient (Wildman–Crippen LogP) is 4.21. The van der Waals surface area contributed by atoms with Crippen molar-refractivity contribution in [3.63, 3.8) is 0 Å². The largest absolute Gasteiger partial charge is 0.497 e. The molecule has 2 aromatic carbocycles. The van der Waals surface area contributed by atoms with Crippen LogP contribution in [0, 0.1) is 0 Å². The van der Waals surface area contributed by atoms with Crippen LogP contribution in [0.2, 0.25) is 0 Å². The Kier molecular flexibility index (Phi) is 7.67. The lowest BCUT2D eigenvalue weighted by molar-refractivity contribution is 0.0950. The van der Waals surface area contributed by atoms with Gasteiger partial charge in [-0.25, -0.2) is 13.4 Å². The highest BCUT2D eigenvalue weighted by Gasteiger charge is 2.16. The van der Waals surface area contributed by atoms with Crippen LogP contribution in [-0.2, 0) is 10.0 Å². The van der Waals surface area contributed by atoms with Crippen molar-refractivity contribution in [2.45, 2.75) is 24.7 Å². The lowest BCUT2D eigenvalue weighted by Crippen LogP contribution is -2.24. The number of pyridine rings is 1. The smallest absolute Gasteiger partial charge is 0.261 e. The summed E-state index contributed by atoms with van der Waals surface area (Å²) in [6, 6.07) is 15.7. The van der Waals surface area contributed by atoms with E-state index in [9.17, 15) is 13.2 Å². The van der Waals surface area contributed by atoms with Crippen LogP contribution in [0.3, 0.4) is 0 Å². The van der Waals surface area contributed by atoms with Crippen LogP contribution in [0.25, 0.3) is 0 Å². The van der Waals surface area contributed by atoms with Crippen LogP contribution in [0.1, 0.15) is 30.1 Å². The summed E-state index contributed by atoms with van der Waals surface area (Å²) in [6.45, 7) is 2.62. The second-order valence-corrected chi connectivity index (χ2v) is 8.56. The summed E-state index contributed by atoms with van der Waals surface area (Å²) in [5.41, 5.74) is 0.694. The summed E-state index contributed by atoms with van der Waals surface area (Å²) in [6.07, 6.45) is 3.40. The number of sulfonamides is 1. The molecular weight excluding hydrogens is 430 g/mol. The molecule has 0 bridgehead atoms. The van der Waals surface area contributed by atoms with E-state index in [1.807, 2.05) is 6.92 Å². The van der Waals surface area contributed by atoms with Gasteiger partial charge in [-0.2, -0.15) is 0 Å². The van der Waals surface area contributed by atoms with Gasteiger partial charge in [-0.05, 0) is 67.1 Å². The Morgan fingerprint density at radius 3 is 2.34 bits per heavy atom. The van der Waals surface area contributed by atoms with Crippen LogP contribution >= 0.6 is 0 Å². The molecule has 0 atom stereocenters. The molecule has 3 rings (SSSR count). The van der Waals surface area contributed by atoms with Crippen LogP contribution in [0.4, 0.5) is 5.69 Å². The summed E-state index contributed by atoms with van der Waals surface area (Å²) in [7, 11) is -2.24. The first kappa shape index (κ1) is 23.1. The van der Waals surface area contributed by atoms with E-state index in [2.05, 4.69) is 15.0 Å². The van der Waals surface area contributed by atoms with E-state index >= 15 is 0 Å². The maximum absolute atomic E-state index is 12.6. The highest BCUT2D eigenvalue weighted by atomic mass is 32.2. The lowest BCUT2D eigenvalue weighted by atomic mass is 10.2. The van der Waals surface area contributed by atoms with E-state index < -0.39 is 10.0 Å². The molecule has 1 heterocycles. The van der Waals surface area contributed by atoms with Crippen LogP contribution < -0.4 is 19.5 Å². The van der Waals surface area contributed by atoms with Gasteiger partial charge < -0.3 is 14.8 Å². The molecule has 3 aromatic rings. The van der Waals surface area contributed by atoms with Crippen molar-refractivity contribution in [3.05, 3.63) is 72.4 Å². The van der Waals surface area contributed by atoms with Gasteiger partial charge in [-0.1, -0.05) is 13.3 Å². The standard InChI is InChI=1S/C23H25N3O5S/c1-3-4-15-24-22(27)21-6-5-16-25-23(21)31-19-9-7-17(8-10-19)26-32(28,29)20-13-11-18(30-2)12-14-20/h5-14,16,26H,3-4,15H2,1-2H3,(H,24,27). The molecule has 0 radical (unpaired) electrons. The number of unbranched alkanes of at least 4 members (excludes halogenated alkanes) is 1. The average molecular weight is 456 g/mol. The summed E-state index contributed by atoms with van der Waals surface area (Å²) in [5.74, 6) is 0.899. The third-order valence-electron chi connectivity index (χ3n) is 4.52. The summed E-state index contributed by atoms with van der Waals surface area (Å²) >= 11 is 0. The maximum Gasteiger partial charge on any atom is 0.261 e. The molecule has 0 unspecified atom stereocenters. The van der Waals surface area contributed by atoms with E-state index in [1.165, 1.54) is 25.4 Å². The first-order chi connectivity index (χ1) is 15.4. The van der Waals surface area contributed by atoms with Crippen molar-refractivity contribution >= 4 is 21.6 Å². The number of aromatic nitrogens is 1. The number of carbonyl (C=O) groups is 1. The van der Waals surface area contributed by atoms with Crippen molar-refractivity contribution in [1.29, 1.82) is 0 Å². The van der Waals surface area contributed by atoms with Crippen molar-refractivity contribution in [2.24, 2.45) is 0 Å². The van der Waals surface area contributed by atoms with E-state index in [0.717, 1.165) is 12.8 Å². The van der Waals surface area contributed by atoms with Gasteiger partial charge >= 0.3 is 0 Å². The third kappa shape index (κ3) is 5.98. The number of amides is 1. The first-order valence-corrected chi connectivity index (χ1v) is 11.6. The molecule has 0 fully saturated rings. The zero-order valence-electron chi connectivity index (χ0n) is 17.9. The van der Waals surface area contributed by atoms with Gasteiger partial charge in [0.1, 0.15) is 17.1 Å². The van der Waals surface area contributed by atoms with E-state index in [0.29, 0.717) is 29.3 Å². The number of ether oxygens (including phenoxy) is 2. The topological polar surface area (TPSA) is 107 Å². The molecule has 0 saturated heterocycles. The molecule has 0 aliphatic carbocycles. The zero-order chi connectivity index (χ0) is 23.0. The maximum atomic E-state index is 12.6. The first-order valence-electron chi connectivity index (χ1n) is 10.1. The van der Waals surface area contributed by atoms with Gasteiger partial charge in [-0.3, -0.25) is 9.52 Å². The number of rotatable bonds is 10. The minimum absolute atomic E-state index is 0.117. The van der Waals surface area contributed by atoms with Gasteiger partial charge in [-0.15, -0.1) is 0 Å². The molecule has 0 spiro atoms. The van der Waals surface area contributed by atoms with Gasteiger partial charge in [0.2, 0.25) is 5.88 Å². The van der Waals surface area contributed by atoms with Gasteiger partial charge in [0.15, 0.2) is 0 Å². The molecular formula is C23H25N3O5S. The fraction of sp³-hybridized carbons (Fsp3) is 0.217. The molecule has 0 aliphatic rings. The second kappa shape index (κ2) is 10.6. The minimum atomic E-state index is -3.75. The molecule has 0 aliphatic heterocycles. The molecule has 168 valence electrons. The Morgan fingerprint density at radius 1 is 1.00 bits per heavy atom. The molecule has 2 N–H and O–H groups in total. The normalized spacial score (nSPS) is 10.9. The lowest BCUT2D eigenvalue weighted by Gasteiger charge is -2.12. The number of methoxy groups -OCH3 is 1. The van der Waals surface area contributed by atoms with Gasteiger partial charge in [0.25, 0.3) is 15.9 Å². The van der Waals surface area contributed by atoms with Crippen molar-refractivity contribution in [3.8, 4) is 17.4 Å². The molecule has 9 heteroatoms. The SMILES string of the molecule is CCCCNC(=O)c1cccnc1Oc1ccc(NS(=O)(=O)c2ccc(OC)cc2)cc1. The number of hydrogen-bond acceptors (Lipinski definition) is 6. The number of carbonyl (C=O) groups excluding carboxylic acids is 1. The van der Waals surface area contributed by atoms with Crippen LogP contribution in [0.15, 0.2) is 71.8 Å². The van der Waals surface area contributed by atoms with E-state index in [1.54, 1.807) is 48.5 Å². The fourth-order valence-corrected chi connectivity index (χ4v) is 3.85. The molecule has 32 heavy (non-hydrogen) atoms. The highest BCUT2D eigenvalue weighted by Crippen LogP contribution is 2.26. The Morgan fingerprint density at radius 2 is 1.69 bits per heavy atom. The number of nitrogens with zero attached hydrogens (tertiary/aromatic N) is 1. The minimum Gasteiger partial charge on any atom is -0.497 e. The molecule has 0 saturated carbocycles. The quantitative estimate of drug-likeness (QED) is 0.444. The van der Waals surface area contributed by atoms with Crippen LogP contribution in [-0.4, -0.2) is 33.0 Å². The van der Waals surface area contributed by atoms with Crippen LogP contribution in [0.5, 0.6) is 17.4 Å². The summed E-state index contributed by atoms with van der Waals surface area (Å²) < 4.78 is 38.5. The number of nitrogens with one attached hydrogen (secondary N) is 2. The summed E-state index contributed by atoms with van der Waals surface area (Å²) in [5, 5.41) is 2.84. The van der Waals surface area contributed by atoms with E-state index in [4.69, 9.17) is 9.47 Å². The highest BCUT2D eigenvalue weighted by molar-refractivity contribution is 7.92. The Balaban J connectivity index is 1.69. The molecule has 8 nitrogen and oxygen atoms in total. The fourth-order valence-electron chi connectivity index (χ4n) is 2.79. The second-order valence-electron chi connectivity index (χ2n) is 6.87. The Hall–Kier alpha value is -3.59. The van der Waals surface area contributed by atoms with Gasteiger partial charge in [0.05, 0.1) is 12.0 Å². The Labute approximate surface area is 187 Å². The molecule has 1 amide bonds.